The highest BCUT2D eigenvalue weighted by Crippen LogP contribution is 2.20. The number of amides is 2. The number of hydrogen-bond acceptors (Lipinski definition) is 3. The number of halogens is 3. The van der Waals surface area contributed by atoms with Crippen molar-refractivity contribution >= 4 is 11.8 Å². The topological polar surface area (TPSA) is 84.2 Å². The lowest BCUT2D eigenvalue weighted by Crippen LogP contribution is -2.39. The summed E-state index contributed by atoms with van der Waals surface area (Å²) in [6.45, 7) is -0.583. The lowest BCUT2D eigenvalue weighted by Gasteiger charge is -2.07. The highest BCUT2D eigenvalue weighted by atomic mass is 19.4. The van der Waals surface area contributed by atoms with Gasteiger partial charge in [-0.15, -0.1) is 0 Å². The van der Waals surface area contributed by atoms with Crippen molar-refractivity contribution in [3.63, 3.8) is 0 Å². The average molecular weight is 241 g/mol. The van der Waals surface area contributed by atoms with E-state index in [1.807, 2.05) is 0 Å². The summed E-state index contributed by atoms with van der Waals surface area (Å²) in [5, 5.41) is 4.43. The monoisotopic (exact) mass is 241 g/mol. The van der Waals surface area contributed by atoms with Gasteiger partial charge in [0.25, 0.3) is 0 Å². The van der Waals surface area contributed by atoms with Crippen LogP contribution in [0.2, 0.25) is 0 Å². The molecule has 4 N–H and O–H groups in total. The number of alkyl halides is 3. The van der Waals surface area contributed by atoms with Gasteiger partial charge in [-0.1, -0.05) is 0 Å². The van der Waals surface area contributed by atoms with E-state index in [1.54, 1.807) is 0 Å². The van der Waals surface area contributed by atoms with E-state index in [2.05, 4.69) is 10.6 Å². The molecule has 0 bridgehead atoms. The zero-order valence-corrected chi connectivity index (χ0v) is 8.56. The van der Waals surface area contributed by atoms with Gasteiger partial charge in [0.05, 0.1) is 13.1 Å². The Bertz CT molecular complexity index is 243. The maximum atomic E-state index is 11.7. The molecule has 2 amide bonds. The fourth-order valence-electron chi connectivity index (χ4n) is 0.830. The van der Waals surface area contributed by atoms with Gasteiger partial charge < -0.3 is 16.4 Å². The summed E-state index contributed by atoms with van der Waals surface area (Å²) in [6.07, 6.45) is -5.33. The average Bonchev–Trinajstić information content (AvgIpc) is 2.19. The Morgan fingerprint density at radius 2 is 1.75 bits per heavy atom. The Hall–Kier alpha value is -1.31. The third kappa shape index (κ3) is 9.25. The van der Waals surface area contributed by atoms with Gasteiger partial charge in [-0.05, 0) is 6.42 Å². The Balaban J connectivity index is 3.48. The van der Waals surface area contributed by atoms with Crippen LogP contribution < -0.4 is 16.4 Å². The van der Waals surface area contributed by atoms with Crippen LogP contribution >= 0.6 is 0 Å². The molecule has 8 heteroatoms. The SMILES string of the molecule is NCC(=O)NCC(=O)NCCCC(F)(F)F. The van der Waals surface area contributed by atoms with Gasteiger partial charge in [-0.25, -0.2) is 0 Å². The minimum absolute atomic E-state index is 0.0726. The van der Waals surface area contributed by atoms with E-state index in [0.717, 1.165) is 0 Å². The highest BCUT2D eigenvalue weighted by Gasteiger charge is 2.25. The minimum atomic E-state index is -4.21. The highest BCUT2D eigenvalue weighted by molar-refractivity contribution is 5.85. The molecule has 0 aliphatic carbocycles. The standard InChI is InChI=1S/C8H14F3N3O2/c9-8(10,11)2-1-3-13-7(16)5-14-6(15)4-12/h1-5,12H2,(H,13,16)(H,14,15). The molecule has 0 aliphatic heterocycles. The Morgan fingerprint density at radius 3 is 2.25 bits per heavy atom. The molecule has 94 valence electrons. The van der Waals surface area contributed by atoms with Crippen LogP contribution in [-0.4, -0.2) is 37.6 Å². The molecule has 0 saturated heterocycles. The molecule has 0 fully saturated rings. The van der Waals surface area contributed by atoms with E-state index in [-0.39, 0.29) is 26.1 Å². The van der Waals surface area contributed by atoms with Crippen molar-refractivity contribution in [1.82, 2.24) is 10.6 Å². The second-order valence-electron chi connectivity index (χ2n) is 3.05. The normalized spacial score (nSPS) is 11.0. The van der Waals surface area contributed by atoms with Crippen molar-refractivity contribution in [2.45, 2.75) is 19.0 Å². The van der Waals surface area contributed by atoms with Crippen LogP contribution in [-0.2, 0) is 9.59 Å². The van der Waals surface area contributed by atoms with E-state index >= 15 is 0 Å². The van der Waals surface area contributed by atoms with Crippen LogP contribution in [0.15, 0.2) is 0 Å². The van der Waals surface area contributed by atoms with Crippen molar-refractivity contribution in [2.24, 2.45) is 5.73 Å². The summed E-state index contributed by atoms with van der Waals surface area (Å²) in [6, 6.07) is 0. The maximum Gasteiger partial charge on any atom is 0.389 e. The molecule has 0 unspecified atom stereocenters. The first kappa shape index (κ1) is 14.7. The van der Waals surface area contributed by atoms with Gasteiger partial charge in [0.2, 0.25) is 11.8 Å². The Morgan fingerprint density at radius 1 is 1.12 bits per heavy atom. The summed E-state index contributed by atoms with van der Waals surface area (Å²) in [5.74, 6) is -1.03. The number of hydrogen-bond donors (Lipinski definition) is 3. The summed E-state index contributed by atoms with van der Waals surface area (Å²) in [4.78, 5) is 21.6. The van der Waals surface area contributed by atoms with Gasteiger partial charge in [0.1, 0.15) is 0 Å². The minimum Gasteiger partial charge on any atom is -0.355 e. The van der Waals surface area contributed by atoms with Gasteiger partial charge >= 0.3 is 6.18 Å². The quantitative estimate of drug-likeness (QED) is 0.549. The lowest BCUT2D eigenvalue weighted by atomic mass is 10.3. The van der Waals surface area contributed by atoms with Crippen molar-refractivity contribution < 1.29 is 22.8 Å². The van der Waals surface area contributed by atoms with Crippen molar-refractivity contribution in [2.75, 3.05) is 19.6 Å². The van der Waals surface area contributed by atoms with Gasteiger partial charge in [-0.3, -0.25) is 9.59 Å². The molecular formula is C8H14F3N3O2. The van der Waals surface area contributed by atoms with Gasteiger partial charge in [0, 0.05) is 13.0 Å². The molecule has 0 radical (unpaired) electrons. The molecule has 0 atom stereocenters. The van der Waals surface area contributed by atoms with Gasteiger partial charge in [-0.2, -0.15) is 13.2 Å². The number of carbonyl (C=O) groups is 2. The summed E-state index contributed by atoms with van der Waals surface area (Å²) in [5.41, 5.74) is 4.96. The predicted molar refractivity (Wildman–Crippen MR) is 50.4 cm³/mol. The second kappa shape index (κ2) is 7.04. The first-order valence-electron chi connectivity index (χ1n) is 4.65. The fourth-order valence-corrected chi connectivity index (χ4v) is 0.830. The summed E-state index contributed by atoms with van der Waals surface area (Å²) < 4.78 is 35.1. The van der Waals surface area contributed by atoms with Gasteiger partial charge in [0.15, 0.2) is 0 Å². The molecule has 0 aromatic rings. The first-order chi connectivity index (χ1) is 7.35. The number of nitrogens with two attached hydrogens (primary N) is 1. The molecule has 0 saturated carbocycles. The molecule has 0 aromatic heterocycles. The molecule has 0 aliphatic rings. The molecule has 16 heavy (non-hydrogen) atoms. The molecular weight excluding hydrogens is 227 g/mol. The third-order valence-electron chi connectivity index (χ3n) is 1.59. The Labute approximate surface area is 90.6 Å². The van der Waals surface area contributed by atoms with Crippen LogP contribution in [0.25, 0.3) is 0 Å². The van der Waals surface area contributed by atoms with E-state index < -0.39 is 24.4 Å². The van der Waals surface area contributed by atoms with Crippen molar-refractivity contribution in [1.29, 1.82) is 0 Å². The molecule has 0 spiro atoms. The summed E-state index contributed by atoms with van der Waals surface area (Å²) >= 11 is 0. The van der Waals surface area contributed by atoms with E-state index in [9.17, 15) is 22.8 Å². The number of rotatable bonds is 6. The van der Waals surface area contributed by atoms with E-state index in [4.69, 9.17) is 5.73 Å². The summed E-state index contributed by atoms with van der Waals surface area (Å²) in [7, 11) is 0. The van der Waals surface area contributed by atoms with E-state index in [1.165, 1.54) is 0 Å². The first-order valence-corrected chi connectivity index (χ1v) is 4.65. The smallest absolute Gasteiger partial charge is 0.355 e. The fraction of sp³-hybridized carbons (Fsp3) is 0.750. The zero-order chi connectivity index (χ0) is 12.6. The number of nitrogens with one attached hydrogen (secondary N) is 2. The lowest BCUT2D eigenvalue weighted by molar-refractivity contribution is -0.136. The van der Waals surface area contributed by atoms with Crippen LogP contribution in [0, 0.1) is 0 Å². The zero-order valence-electron chi connectivity index (χ0n) is 8.56. The van der Waals surface area contributed by atoms with Crippen LogP contribution in [0.4, 0.5) is 13.2 Å². The predicted octanol–water partition coefficient (Wildman–Crippen LogP) is -0.480. The van der Waals surface area contributed by atoms with Crippen molar-refractivity contribution in [3.05, 3.63) is 0 Å². The van der Waals surface area contributed by atoms with Crippen LogP contribution in [0.5, 0.6) is 0 Å². The largest absolute Gasteiger partial charge is 0.389 e. The Kier molecular flexibility index (Phi) is 6.47. The third-order valence-corrected chi connectivity index (χ3v) is 1.59. The maximum absolute atomic E-state index is 11.7. The van der Waals surface area contributed by atoms with Crippen molar-refractivity contribution in [3.8, 4) is 0 Å². The van der Waals surface area contributed by atoms with E-state index in [0.29, 0.717) is 0 Å². The van der Waals surface area contributed by atoms with Crippen LogP contribution in [0.1, 0.15) is 12.8 Å². The molecule has 0 aromatic carbocycles. The molecule has 5 nitrogen and oxygen atoms in total. The second-order valence-corrected chi connectivity index (χ2v) is 3.05. The molecule has 0 heterocycles. The molecule has 0 rings (SSSR count). The van der Waals surface area contributed by atoms with Crippen LogP contribution in [0.3, 0.4) is 0 Å². The number of carbonyl (C=O) groups excluding carboxylic acids is 2.